The van der Waals surface area contributed by atoms with Crippen LogP contribution in [0.5, 0.6) is 23.0 Å². The number of esters is 2. The van der Waals surface area contributed by atoms with Crippen LogP contribution in [0.4, 0.5) is 0 Å². The molecule has 7 heteroatoms. The molecule has 0 spiro atoms. The first kappa shape index (κ1) is 20.1. The summed E-state index contributed by atoms with van der Waals surface area (Å²) in [6.07, 6.45) is -0.350. The Kier molecular flexibility index (Phi) is 5.64. The van der Waals surface area contributed by atoms with Crippen molar-refractivity contribution in [3.63, 3.8) is 0 Å². The number of hydrogen-bond donors (Lipinski definition) is 3. The van der Waals surface area contributed by atoms with E-state index < -0.39 is 11.9 Å². The molecule has 0 amide bonds. The fourth-order valence-corrected chi connectivity index (χ4v) is 2.63. The molecule has 0 radical (unpaired) electrons. The molecule has 2 rings (SSSR count). The highest BCUT2D eigenvalue weighted by Gasteiger charge is 2.23. The second-order valence-electron chi connectivity index (χ2n) is 6.54. The van der Waals surface area contributed by atoms with E-state index in [0.29, 0.717) is 11.1 Å². The molecule has 2 aromatic carbocycles. The van der Waals surface area contributed by atoms with E-state index in [2.05, 4.69) is 0 Å². The number of carbonyl (C=O) groups is 2. The molecular formula is C20H22O7. The normalized spacial score (nSPS) is 10.7. The van der Waals surface area contributed by atoms with Gasteiger partial charge in [-0.1, -0.05) is 0 Å². The lowest BCUT2D eigenvalue weighted by atomic mass is 10.0. The quantitative estimate of drug-likeness (QED) is 0.554. The van der Waals surface area contributed by atoms with Gasteiger partial charge in [0.05, 0.1) is 6.10 Å². The first-order chi connectivity index (χ1) is 12.5. The van der Waals surface area contributed by atoms with Crippen molar-refractivity contribution < 1.29 is 34.4 Å². The van der Waals surface area contributed by atoms with Crippen molar-refractivity contribution in [2.45, 2.75) is 40.7 Å². The number of aromatic hydroxyl groups is 3. The topological polar surface area (TPSA) is 113 Å². The van der Waals surface area contributed by atoms with E-state index in [0.717, 1.165) is 6.07 Å². The summed E-state index contributed by atoms with van der Waals surface area (Å²) in [6.45, 7) is 7.96. The second kappa shape index (κ2) is 7.57. The Morgan fingerprint density at radius 2 is 1.44 bits per heavy atom. The van der Waals surface area contributed by atoms with Crippen molar-refractivity contribution in [2.75, 3.05) is 0 Å². The van der Waals surface area contributed by atoms with E-state index in [4.69, 9.17) is 9.47 Å². The minimum absolute atomic E-state index is 0.000579. The molecule has 0 fully saturated rings. The monoisotopic (exact) mass is 374 g/mol. The minimum Gasteiger partial charge on any atom is -0.508 e. The second-order valence-corrected chi connectivity index (χ2v) is 6.54. The highest BCUT2D eigenvalue weighted by Crippen LogP contribution is 2.34. The summed E-state index contributed by atoms with van der Waals surface area (Å²) in [5, 5.41) is 30.0. The number of aryl methyl sites for hydroxylation is 2. The molecule has 0 saturated carbocycles. The average molecular weight is 374 g/mol. The molecule has 0 aliphatic rings. The third-order valence-electron chi connectivity index (χ3n) is 3.97. The number of phenols is 3. The summed E-state index contributed by atoms with van der Waals surface area (Å²) in [6, 6.07) is 3.88. The van der Waals surface area contributed by atoms with Crippen LogP contribution in [0.25, 0.3) is 0 Å². The van der Waals surface area contributed by atoms with E-state index in [1.807, 2.05) is 0 Å². The fourth-order valence-electron chi connectivity index (χ4n) is 2.63. The van der Waals surface area contributed by atoms with Gasteiger partial charge in [-0.3, -0.25) is 0 Å². The van der Waals surface area contributed by atoms with Crippen LogP contribution in [-0.2, 0) is 4.74 Å². The van der Waals surface area contributed by atoms with Crippen molar-refractivity contribution in [1.29, 1.82) is 0 Å². The summed E-state index contributed by atoms with van der Waals surface area (Å²) in [5.41, 5.74) is 0.747. The molecule has 0 saturated heterocycles. The smallest absolute Gasteiger partial charge is 0.347 e. The Bertz CT molecular complexity index is 890. The molecular weight excluding hydrogens is 352 g/mol. The van der Waals surface area contributed by atoms with Crippen LogP contribution >= 0.6 is 0 Å². The van der Waals surface area contributed by atoms with Gasteiger partial charge in [0.15, 0.2) is 0 Å². The molecule has 7 nitrogen and oxygen atoms in total. The molecule has 3 N–H and O–H groups in total. The predicted molar refractivity (Wildman–Crippen MR) is 97.6 cm³/mol. The van der Waals surface area contributed by atoms with E-state index in [1.165, 1.54) is 19.1 Å². The van der Waals surface area contributed by atoms with E-state index in [9.17, 15) is 24.9 Å². The summed E-state index contributed by atoms with van der Waals surface area (Å²) in [4.78, 5) is 24.5. The third kappa shape index (κ3) is 4.13. The molecule has 0 heterocycles. The summed E-state index contributed by atoms with van der Waals surface area (Å²) in [7, 11) is 0. The van der Waals surface area contributed by atoms with Gasteiger partial charge in [-0.05, 0) is 57.9 Å². The standard InChI is InChI=1S/C20H22O7/c1-9(2)26-19(24)16-10(3)6-13(8-15(16)22)27-20(25)17-11(4)7-14(21)12(5)18(17)23/h6-9,21-23H,1-5H3. The molecule has 27 heavy (non-hydrogen) atoms. The maximum atomic E-state index is 12.5. The van der Waals surface area contributed by atoms with Crippen LogP contribution in [0.1, 0.15) is 51.3 Å². The summed E-state index contributed by atoms with van der Waals surface area (Å²) < 4.78 is 10.3. The minimum atomic E-state index is -0.857. The van der Waals surface area contributed by atoms with Crippen LogP contribution in [0.2, 0.25) is 0 Å². The molecule has 0 unspecified atom stereocenters. The van der Waals surface area contributed by atoms with Gasteiger partial charge in [0.25, 0.3) is 0 Å². The third-order valence-corrected chi connectivity index (χ3v) is 3.97. The molecule has 144 valence electrons. The summed E-state index contributed by atoms with van der Waals surface area (Å²) >= 11 is 0. The Morgan fingerprint density at radius 3 is 2.00 bits per heavy atom. The first-order valence-corrected chi connectivity index (χ1v) is 8.31. The zero-order chi connectivity index (χ0) is 20.5. The van der Waals surface area contributed by atoms with Crippen LogP contribution in [-0.4, -0.2) is 33.4 Å². The van der Waals surface area contributed by atoms with E-state index >= 15 is 0 Å². The van der Waals surface area contributed by atoms with Gasteiger partial charge >= 0.3 is 11.9 Å². The maximum absolute atomic E-state index is 12.5. The zero-order valence-corrected chi connectivity index (χ0v) is 15.8. The van der Waals surface area contributed by atoms with Gasteiger partial charge in [0.2, 0.25) is 0 Å². The van der Waals surface area contributed by atoms with Gasteiger partial charge in [0, 0.05) is 11.6 Å². The van der Waals surface area contributed by atoms with Crippen LogP contribution in [0.15, 0.2) is 18.2 Å². The lowest BCUT2D eigenvalue weighted by molar-refractivity contribution is 0.0374. The first-order valence-electron chi connectivity index (χ1n) is 8.31. The van der Waals surface area contributed by atoms with E-state index in [1.54, 1.807) is 27.7 Å². The van der Waals surface area contributed by atoms with Gasteiger partial charge in [-0.2, -0.15) is 0 Å². The van der Waals surface area contributed by atoms with Crippen molar-refractivity contribution in [1.82, 2.24) is 0 Å². The average Bonchev–Trinajstić information content (AvgIpc) is 2.51. The van der Waals surface area contributed by atoms with Crippen molar-refractivity contribution in [3.8, 4) is 23.0 Å². The predicted octanol–water partition coefficient (Wildman–Crippen LogP) is 3.51. The van der Waals surface area contributed by atoms with Crippen LogP contribution in [0.3, 0.4) is 0 Å². The number of carbonyl (C=O) groups excluding carboxylic acids is 2. The number of rotatable bonds is 4. The fraction of sp³-hybridized carbons (Fsp3) is 0.300. The van der Waals surface area contributed by atoms with Crippen LogP contribution in [0, 0.1) is 20.8 Å². The van der Waals surface area contributed by atoms with Crippen molar-refractivity contribution in [2.24, 2.45) is 0 Å². The number of benzene rings is 2. The number of hydrogen-bond acceptors (Lipinski definition) is 7. The largest absolute Gasteiger partial charge is 0.508 e. The van der Waals surface area contributed by atoms with Crippen molar-refractivity contribution >= 4 is 11.9 Å². The number of phenolic OH excluding ortho intramolecular Hbond substituents is 3. The lowest BCUT2D eigenvalue weighted by Crippen LogP contribution is -2.14. The summed E-state index contributed by atoms with van der Waals surface area (Å²) in [5.74, 6) is -2.43. The van der Waals surface area contributed by atoms with Crippen LogP contribution < -0.4 is 4.74 Å². The Labute approximate surface area is 156 Å². The molecule has 0 atom stereocenters. The Morgan fingerprint density at radius 1 is 0.852 bits per heavy atom. The van der Waals surface area contributed by atoms with Gasteiger partial charge in [0.1, 0.15) is 34.1 Å². The SMILES string of the molecule is Cc1cc(OC(=O)c2c(C)cc(O)c(C)c2O)cc(O)c1C(=O)OC(C)C. The number of ether oxygens (including phenoxy) is 2. The highest BCUT2D eigenvalue weighted by atomic mass is 16.5. The maximum Gasteiger partial charge on any atom is 0.347 e. The van der Waals surface area contributed by atoms with Crippen molar-refractivity contribution in [3.05, 3.63) is 46.0 Å². The molecule has 0 aliphatic heterocycles. The molecule has 0 bridgehead atoms. The van der Waals surface area contributed by atoms with Gasteiger partial charge < -0.3 is 24.8 Å². The Hall–Kier alpha value is -3.22. The molecule has 0 aromatic heterocycles. The highest BCUT2D eigenvalue weighted by molar-refractivity contribution is 5.97. The zero-order valence-electron chi connectivity index (χ0n) is 15.8. The van der Waals surface area contributed by atoms with Gasteiger partial charge in [-0.25, -0.2) is 9.59 Å². The van der Waals surface area contributed by atoms with Gasteiger partial charge in [-0.15, -0.1) is 0 Å². The van der Waals surface area contributed by atoms with E-state index in [-0.39, 0.29) is 45.8 Å². The molecule has 2 aromatic rings. The molecule has 0 aliphatic carbocycles. The lowest BCUT2D eigenvalue weighted by Gasteiger charge is -2.14. The Balaban J connectivity index is 2.35.